The molecule has 3 nitrogen and oxygen atoms in total. The predicted octanol–water partition coefficient (Wildman–Crippen LogP) is 2.84. The molecule has 0 amide bonds. The Kier molecular flexibility index (Phi) is 3.85. The minimum absolute atomic E-state index is 0.195. The summed E-state index contributed by atoms with van der Waals surface area (Å²) in [6.07, 6.45) is 7.52. The highest BCUT2D eigenvalue weighted by Crippen LogP contribution is 2.37. The van der Waals surface area contributed by atoms with Crippen LogP contribution in [0.15, 0.2) is 0 Å². The van der Waals surface area contributed by atoms with Crippen molar-refractivity contribution in [1.82, 2.24) is 0 Å². The van der Waals surface area contributed by atoms with Crippen molar-refractivity contribution >= 4 is 5.97 Å². The molecule has 2 aliphatic carbocycles. The molecule has 0 spiro atoms. The van der Waals surface area contributed by atoms with Gasteiger partial charge in [-0.05, 0) is 37.5 Å². The Morgan fingerprint density at radius 2 is 2.12 bits per heavy atom. The average molecular weight is 226 g/mol. The largest absolute Gasteiger partial charge is 0.479 e. The van der Waals surface area contributed by atoms with E-state index in [4.69, 9.17) is 9.84 Å². The molecular formula is C13H22O3. The average Bonchev–Trinajstić information content (AvgIpc) is 3.10. The van der Waals surface area contributed by atoms with Gasteiger partial charge in [-0.2, -0.15) is 0 Å². The SMILES string of the molecule is CCC1CCCC(OC(C(=O)O)C2CC2)C1. The molecule has 3 atom stereocenters. The number of ether oxygens (including phenoxy) is 1. The van der Waals surface area contributed by atoms with Crippen LogP contribution in [0.5, 0.6) is 0 Å². The number of carboxylic acid groups (broad SMARTS) is 1. The highest BCUT2D eigenvalue weighted by Gasteiger charge is 2.39. The Bertz CT molecular complexity index is 248. The van der Waals surface area contributed by atoms with Crippen LogP contribution in [0, 0.1) is 11.8 Å². The van der Waals surface area contributed by atoms with Crippen molar-refractivity contribution in [3.63, 3.8) is 0 Å². The molecular weight excluding hydrogens is 204 g/mol. The number of rotatable bonds is 5. The first kappa shape index (κ1) is 11.9. The summed E-state index contributed by atoms with van der Waals surface area (Å²) in [5.74, 6) is 0.271. The molecule has 2 rings (SSSR count). The van der Waals surface area contributed by atoms with Gasteiger partial charge in [0, 0.05) is 0 Å². The first-order chi connectivity index (χ1) is 7.70. The lowest BCUT2D eigenvalue weighted by Gasteiger charge is -2.30. The third kappa shape index (κ3) is 2.97. The summed E-state index contributed by atoms with van der Waals surface area (Å²) in [6, 6.07) is 0. The van der Waals surface area contributed by atoms with E-state index >= 15 is 0 Å². The second kappa shape index (κ2) is 5.17. The number of carboxylic acids is 1. The van der Waals surface area contributed by atoms with Crippen molar-refractivity contribution in [3.8, 4) is 0 Å². The molecule has 16 heavy (non-hydrogen) atoms. The minimum Gasteiger partial charge on any atom is -0.479 e. The van der Waals surface area contributed by atoms with Crippen molar-refractivity contribution in [2.24, 2.45) is 11.8 Å². The monoisotopic (exact) mass is 226 g/mol. The molecule has 0 heterocycles. The minimum atomic E-state index is -0.763. The number of aliphatic carboxylic acids is 1. The highest BCUT2D eigenvalue weighted by molar-refractivity contribution is 5.73. The molecule has 2 aliphatic rings. The molecule has 2 saturated carbocycles. The van der Waals surface area contributed by atoms with Gasteiger partial charge in [-0.15, -0.1) is 0 Å². The Morgan fingerprint density at radius 1 is 1.38 bits per heavy atom. The molecule has 0 radical (unpaired) electrons. The molecule has 0 saturated heterocycles. The van der Waals surface area contributed by atoms with Crippen LogP contribution >= 0.6 is 0 Å². The Hall–Kier alpha value is -0.570. The van der Waals surface area contributed by atoms with Crippen molar-refractivity contribution in [2.45, 2.75) is 64.1 Å². The van der Waals surface area contributed by atoms with E-state index in [0.717, 1.165) is 31.6 Å². The standard InChI is InChI=1S/C13H22O3/c1-2-9-4-3-5-11(8-9)16-12(13(14)15)10-6-7-10/h9-12H,2-8H2,1H3,(H,14,15). The van der Waals surface area contributed by atoms with E-state index in [9.17, 15) is 4.79 Å². The van der Waals surface area contributed by atoms with Gasteiger partial charge in [0.05, 0.1) is 6.10 Å². The Balaban J connectivity index is 1.84. The second-order valence-corrected chi connectivity index (χ2v) is 5.30. The summed E-state index contributed by atoms with van der Waals surface area (Å²) in [7, 11) is 0. The van der Waals surface area contributed by atoms with E-state index in [0.29, 0.717) is 5.92 Å². The lowest BCUT2D eigenvalue weighted by Crippen LogP contribution is -2.33. The van der Waals surface area contributed by atoms with E-state index in [1.54, 1.807) is 0 Å². The summed E-state index contributed by atoms with van der Waals surface area (Å²) in [6.45, 7) is 2.21. The first-order valence-corrected chi connectivity index (χ1v) is 6.59. The molecule has 1 N–H and O–H groups in total. The van der Waals surface area contributed by atoms with E-state index in [2.05, 4.69) is 6.92 Å². The summed E-state index contributed by atoms with van der Waals surface area (Å²) >= 11 is 0. The third-order valence-corrected chi connectivity index (χ3v) is 3.94. The predicted molar refractivity (Wildman–Crippen MR) is 61.3 cm³/mol. The second-order valence-electron chi connectivity index (χ2n) is 5.30. The molecule has 0 aromatic heterocycles. The topological polar surface area (TPSA) is 46.5 Å². The summed E-state index contributed by atoms with van der Waals surface area (Å²) in [5, 5.41) is 9.11. The maximum Gasteiger partial charge on any atom is 0.333 e. The number of hydrogen-bond donors (Lipinski definition) is 1. The van der Waals surface area contributed by atoms with Gasteiger partial charge in [-0.25, -0.2) is 4.79 Å². The van der Waals surface area contributed by atoms with Crippen molar-refractivity contribution in [1.29, 1.82) is 0 Å². The van der Waals surface area contributed by atoms with Crippen LogP contribution in [-0.4, -0.2) is 23.3 Å². The Labute approximate surface area is 97.2 Å². The van der Waals surface area contributed by atoms with E-state index in [1.165, 1.54) is 19.3 Å². The number of carbonyl (C=O) groups is 1. The zero-order valence-corrected chi connectivity index (χ0v) is 10.0. The van der Waals surface area contributed by atoms with Gasteiger partial charge in [0.2, 0.25) is 0 Å². The van der Waals surface area contributed by atoms with Crippen LogP contribution in [0.2, 0.25) is 0 Å². The third-order valence-electron chi connectivity index (χ3n) is 3.94. The van der Waals surface area contributed by atoms with Crippen LogP contribution in [0.4, 0.5) is 0 Å². The molecule has 0 aromatic rings. The normalized spacial score (nSPS) is 32.3. The van der Waals surface area contributed by atoms with Crippen molar-refractivity contribution in [3.05, 3.63) is 0 Å². The fraction of sp³-hybridized carbons (Fsp3) is 0.923. The molecule has 3 heteroatoms. The molecule has 2 fully saturated rings. The van der Waals surface area contributed by atoms with E-state index in [-0.39, 0.29) is 6.10 Å². The van der Waals surface area contributed by atoms with Crippen LogP contribution in [0.1, 0.15) is 51.9 Å². The van der Waals surface area contributed by atoms with Gasteiger partial charge in [0.25, 0.3) is 0 Å². The van der Waals surface area contributed by atoms with Gasteiger partial charge in [0.1, 0.15) is 0 Å². The number of hydrogen-bond acceptors (Lipinski definition) is 2. The molecule has 3 unspecified atom stereocenters. The van der Waals surface area contributed by atoms with Gasteiger partial charge in [-0.3, -0.25) is 0 Å². The van der Waals surface area contributed by atoms with Gasteiger partial charge in [-0.1, -0.05) is 26.2 Å². The van der Waals surface area contributed by atoms with Crippen LogP contribution < -0.4 is 0 Å². The summed E-state index contributed by atoms with van der Waals surface area (Å²) < 4.78 is 5.81. The maximum atomic E-state index is 11.1. The summed E-state index contributed by atoms with van der Waals surface area (Å²) in [4.78, 5) is 11.1. The van der Waals surface area contributed by atoms with Gasteiger partial charge in [0.15, 0.2) is 6.10 Å². The molecule has 92 valence electrons. The maximum absolute atomic E-state index is 11.1. The van der Waals surface area contributed by atoms with E-state index in [1.807, 2.05) is 0 Å². The quantitative estimate of drug-likeness (QED) is 0.784. The van der Waals surface area contributed by atoms with Crippen molar-refractivity contribution in [2.75, 3.05) is 0 Å². The Morgan fingerprint density at radius 3 is 2.69 bits per heavy atom. The van der Waals surface area contributed by atoms with Crippen molar-refractivity contribution < 1.29 is 14.6 Å². The molecule has 0 bridgehead atoms. The zero-order chi connectivity index (χ0) is 11.5. The van der Waals surface area contributed by atoms with Crippen LogP contribution in [-0.2, 0) is 9.53 Å². The van der Waals surface area contributed by atoms with Gasteiger partial charge < -0.3 is 9.84 Å². The van der Waals surface area contributed by atoms with Gasteiger partial charge >= 0.3 is 5.97 Å². The highest BCUT2D eigenvalue weighted by atomic mass is 16.5. The fourth-order valence-corrected chi connectivity index (χ4v) is 2.71. The molecule has 0 aromatic carbocycles. The van der Waals surface area contributed by atoms with E-state index < -0.39 is 12.1 Å². The lowest BCUT2D eigenvalue weighted by atomic mass is 9.85. The van der Waals surface area contributed by atoms with Crippen LogP contribution in [0.25, 0.3) is 0 Å². The zero-order valence-electron chi connectivity index (χ0n) is 10.0. The summed E-state index contributed by atoms with van der Waals surface area (Å²) in [5.41, 5.74) is 0. The smallest absolute Gasteiger partial charge is 0.333 e. The lowest BCUT2D eigenvalue weighted by molar-refractivity contribution is -0.158. The first-order valence-electron chi connectivity index (χ1n) is 6.59. The molecule has 0 aliphatic heterocycles. The van der Waals surface area contributed by atoms with Crippen LogP contribution in [0.3, 0.4) is 0 Å². The fourth-order valence-electron chi connectivity index (χ4n) is 2.71.